The van der Waals surface area contributed by atoms with Gasteiger partial charge in [-0.25, -0.2) is 0 Å². The number of hydrogen-bond donors (Lipinski definition) is 1. The Kier molecular flexibility index (Phi) is 7.81. The summed E-state index contributed by atoms with van der Waals surface area (Å²) in [6.45, 7) is 9.42. The van der Waals surface area contributed by atoms with E-state index in [2.05, 4.69) is 17.1 Å². The number of aromatic nitrogens is 1. The maximum absolute atomic E-state index is 8.36. The highest BCUT2D eigenvalue weighted by molar-refractivity contribution is 5.73. The minimum Gasteiger partial charge on any atom is -0.489 e. The Morgan fingerprint density at radius 3 is 2.46 bits per heavy atom. The number of nitrogens with zero attached hydrogens (tertiary/aromatic N) is 1. The maximum atomic E-state index is 8.36. The van der Waals surface area contributed by atoms with Gasteiger partial charge in [0.15, 0.2) is 0 Å². The molecule has 0 aliphatic carbocycles. The van der Waals surface area contributed by atoms with Crippen LogP contribution in [0.3, 0.4) is 0 Å². The van der Waals surface area contributed by atoms with Crippen LogP contribution in [0.5, 0.6) is 11.5 Å². The Morgan fingerprint density at radius 2 is 1.86 bits per heavy atom. The van der Waals surface area contributed by atoms with Crippen molar-refractivity contribution in [3.8, 4) is 22.6 Å². The fraction of sp³-hybridized carbons (Fsp3) is 0.455. The van der Waals surface area contributed by atoms with Gasteiger partial charge in [0.25, 0.3) is 6.47 Å². The highest BCUT2D eigenvalue weighted by Crippen LogP contribution is 2.36. The van der Waals surface area contributed by atoms with E-state index in [0.717, 1.165) is 54.4 Å². The van der Waals surface area contributed by atoms with Crippen LogP contribution in [0.15, 0.2) is 36.5 Å². The van der Waals surface area contributed by atoms with Crippen molar-refractivity contribution in [2.24, 2.45) is 0 Å². The van der Waals surface area contributed by atoms with Crippen LogP contribution in [-0.2, 0) is 9.53 Å². The van der Waals surface area contributed by atoms with Gasteiger partial charge in [-0.05, 0) is 45.9 Å². The molecule has 1 aromatic heterocycles. The average molecular weight is 387 g/mol. The van der Waals surface area contributed by atoms with Gasteiger partial charge in [0.2, 0.25) is 0 Å². The van der Waals surface area contributed by atoms with Gasteiger partial charge >= 0.3 is 0 Å². The summed E-state index contributed by atoms with van der Waals surface area (Å²) >= 11 is 0. The number of carbonyl (C=O) groups is 1. The molecule has 1 aromatic carbocycles. The van der Waals surface area contributed by atoms with Crippen molar-refractivity contribution in [1.82, 2.24) is 4.98 Å². The van der Waals surface area contributed by atoms with Crippen LogP contribution in [0.25, 0.3) is 11.1 Å². The van der Waals surface area contributed by atoms with Crippen LogP contribution in [0.4, 0.5) is 0 Å². The second-order valence-corrected chi connectivity index (χ2v) is 7.54. The summed E-state index contributed by atoms with van der Waals surface area (Å²) in [4.78, 5) is 12.8. The first-order chi connectivity index (χ1) is 13.3. The summed E-state index contributed by atoms with van der Waals surface area (Å²) in [5, 5.41) is 6.89. The molecule has 3 rings (SSSR count). The Hall–Kier alpha value is -2.60. The Morgan fingerprint density at radius 1 is 1.18 bits per heavy atom. The van der Waals surface area contributed by atoms with Gasteiger partial charge in [0.1, 0.15) is 23.2 Å². The fourth-order valence-electron chi connectivity index (χ4n) is 2.98. The molecule has 2 heterocycles. The molecule has 0 amide bonds. The lowest BCUT2D eigenvalue weighted by Crippen LogP contribution is -2.26. The first kappa shape index (κ1) is 21.7. The largest absolute Gasteiger partial charge is 0.489 e. The summed E-state index contributed by atoms with van der Waals surface area (Å²) in [6, 6.07) is 10.1. The van der Waals surface area contributed by atoms with E-state index in [1.165, 1.54) is 0 Å². The second-order valence-electron chi connectivity index (χ2n) is 7.54. The highest BCUT2D eigenvalue weighted by atomic mass is 16.5. The third-order valence-corrected chi connectivity index (χ3v) is 4.14. The van der Waals surface area contributed by atoms with E-state index in [0.29, 0.717) is 0 Å². The van der Waals surface area contributed by atoms with E-state index in [1.807, 2.05) is 52.1 Å². The second kappa shape index (κ2) is 10.1. The van der Waals surface area contributed by atoms with Crippen molar-refractivity contribution >= 4 is 6.47 Å². The maximum Gasteiger partial charge on any atom is 0.290 e. The zero-order valence-electron chi connectivity index (χ0n) is 17.0. The summed E-state index contributed by atoms with van der Waals surface area (Å²) in [5.74, 6) is 1.67. The molecule has 2 aromatic rings. The van der Waals surface area contributed by atoms with Crippen LogP contribution in [0.1, 0.15) is 39.3 Å². The molecule has 6 heteroatoms. The van der Waals surface area contributed by atoms with Gasteiger partial charge in [-0.2, -0.15) is 0 Å². The smallest absolute Gasteiger partial charge is 0.290 e. The molecule has 0 atom stereocenters. The lowest BCUT2D eigenvalue weighted by molar-refractivity contribution is -0.122. The van der Waals surface area contributed by atoms with E-state index >= 15 is 0 Å². The minimum atomic E-state index is -0.250. The van der Waals surface area contributed by atoms with Crippen molar-refractivity contribution in [3.63, 3.8) is 0 Å². The van der Waals surface area contributed by atoms with Gasteiger partial charge in [0.05, 0.1) is 13.2 Å². The Labute approximate surface area is 166 Å². The van der Waals surface area contributed by atoms with Crippen LogP contribution in [-0.4, -0.2) is 41.5 Å². The number of ether oxygens (including phenoxy) is 3. The topological polar surface area (TPSA) is 77.9 Å². The Bertz CT molecular complexity index is 764. The van der Waals surface area contributed by atoms with Crippen molar-refractivity contribution in [2.75, 3.05) is 13.2 Å². The summed E-state index contributed by atoms with van der Waals surface area (Å²) in [7, 11) is 0. The number of carboxylic acid groups (broad SMARTS) is 1. The van der Waals surface area contributed by atoms with E-state index in [-0.39, 0.29) is 18.2 Å². The molecule has 1 saturated heterocycles. The third-order valence-electron chi connectivity index (χ3n) is 4.14. The van der Waals surface area contributed by atoms with Gasteiger partial charge < -0.3 is 19.3 Å². The molecule has 152 valence electrons. The van der Waals surface area contributed by atoms with E-state index in [4.69, 9.17) is 24.1 Å². The molecular weight excluding hydrogens is 358 g/mol. The fourth-order valence-corrected chi connectivity index (χ4v) is 2.98. The van der Waals surface area contributed by atoms with Gasteiger partial charge in [0, 0.05) is 41.9 Å². The first-order valence-electron chi connectivity index (χ1n) is 9.41. The zero-order valence-corrected chi connectivity index (χ0v) is 17.0. The molecule has 28 heavy (non-hydrogen) atoms. The highest BCUT2D eigenvalue weighted by Gasteiger charge is 2.20. The molecule has 0 bridgehead atoms. The van der Waals surface area contributed by atoms with E-state index < -0.39 is 0 Å². The molecule has 1 N–H and O–H groups in total. The van der Waals surface area contributed by atoms with Gasteiger partial charge in [-0.1, -0.05) is 6.07 Å². The van der Waals surface area contributed by atoms with Crippen LogP contribution in [0, 0.1) is 6.92 Å². The van der Waals surface area contributed by atoms with Crippen LogP contribution in [0.2, 0.25) is 0 Å². The minimum absolute atomic E-state index is 0.175. The average Bonchev–Trinajstić information content (AvgIpc) is 2.63. The zero-order chi connectivity index (χ0) is 20.6. The van der Waals surface area contributed by atoms with Crippen LogP contribution >= 0.6 is 0 Å². The molecule has 1 aliphatic heterocycles. The molecule has 0 spiro atoms. The van der Waals surface area contributed by atoms with Crippen molar-refractivity contribution in [1.29, 1.82) is 0 Å². The van der Waals surface area contributed by atoms with Crippen molar-refractivity contribution < 1.29 is 24.1 Å². The van der Waals surface area contributed by atoms with Crippen LogP contribution < -0.4 is 9.47 Å². The molecule has 6 nitrogen and oxygen atoms in total. The van der Waals surface area contributed by atoms with E-state index in [1.54, 1.807) is 0 Å². The van der Waals surface area contributed by atoms with E-state index in [9.17, 15) is 0 Å². The predicted octanol–water partition coefficient (Wildman–Crippen LogP) is 4.49. The molecule has 1 aliphatic rings. The number of aryl methyl sites for hydroxylation is 1. The SMILES string of the molecule is Cc1ncccc1-c1ccc(OC(C)(C)C)cc1OC1CCOCC1.O=CO. The molecule has 0 saturated carbocycles. The molecule has 0 radical (unpaired) electrons. The molecular formula is C22H29NO5. The number of benzene rings is 1. The monoisotopic (exact) mass is 387 g/mol. The van der Waals surface area contributed by atoms with Crippen molar-refractivity contribution in [2.45, 2.75) is 52.2 Å². The molecule has 0 unspecified atom stereocenters. The lowest BCUT2D eigenvalue weighted by atomic mass is 10.0. The van der Waals surface area contributed by atoms with Crippen molar-refractivity contribution in [3.05, 3.63) is 42.2 Å². The summed E-state index contributed by atoms with van der Waals surface area (Å²) < 4.78 is 17.8. The third kappa shape index (κ3) is 6.53. The first-order valence-corrected chi connectivity index (χ1v) is 9.41. The Balaban J connectivity index is 0.000000878. The quantitative estimate of drug-likeness (QED) is 0.779. The molecule has 1 fully saturated rings. The number of rotatable bonds is 4. The van der Waals surface area contributed by atoms with Gasteiger partial charge in [-0.15, -0.1) is 0 Å². The van der Waals surface area contributed by atoms with Gasteiger partial charge in [-0.3, -0.25) is 9.78 Å². The summed E-state index contributed by atoms with van der Waals surface area (Å²) in [6.07, 6.45) is 3.81. The predicted molar refractivity (Wildman–Crippen MR) is 108 cm³/mol. The number of hydrogen-bond acceptors (Lipinski definition) is 5. The normalized spacial score (nSPS) is 14.6. The summed E-state index contributed by atoms with van der Waals surface area (Å²) in [5.41, 5.74) is 2.89. The number of pyridine rings is 1. The standard InChI is InChI=1S/C21H27NO3.CH2O2/c1-15-18(6-5-11-22-15)19-8-7-17(25-21(2,3)4)14-20(19)24-16-9-12-23-13-10-16;2-1-3/h5-8,11,14,16H,9-10,12-13H2,1-4H3;1H,(H,2,3). The lowest BCUT2D eigenvalue weighted by Gasteiger charge is -2.26.